The average molecular weight is 866 g/mol. The van der Waals surface area contributed by atoms with Gasteiger partial charge in [-0.3, -0.25) is 0 Å². The smallest absolute Gasteiger partial charge is 0.188 e. The van der Waals surface area contributed by atoms with E-state index in [4.69, 9.17) is 4.74 Å². The predicted octanol–water partition coefficient (Wildman–Crippen LogP) is 9.84. The van der Waals surface area contributed by atoms with E-state index in [0.717, 1.165) is 39.7 Å². The van der Waals surface area contributed by atoms with E-state index in [1.807, 2.05) is 12.1 Å². The first-order valence-corrected chi connectivity index (χ1v) is 26.4. The molecule has 65 heavy (non-hydrogen) atoms. The first-order chi connectivity index (χ1) is 32.1. The lowest BCUT2D eigenvalue weighted by Crippen LogP contribution is -2.93. The third kappa shape index (κ3) is 6.44. The molecule has 0 amide bonds. The molecule has 0 saturated carbocycles. The fourth-order valence-corrected chi connectivity index (χ4v) is 23.0. The Morgan fingerprint density at radius 2 is 0.892 bits per heavy atom. The molecule has 0 saturated heterocycles. The van der Waals surface area contributed by atoms with Crippen LogP contribution in [0.25, 0.3) is 16.7 Å². The minimum absolute atomic E-state index is 0.895. The molecule has 2 aliphatic heterocycles. The van der Waals surface area contributed by atoms with Crippen LogP contribution in [-0.4, -0.2) is 16.1 Å². The molecule has 0 bridgehead atoms. The van der Waals surface area contributed by atoms with Crippen LogP contribution in [0.4, 0.5) is 11.4 Å². The summed E-state index contributed by atoms with van der Waals surface area (Å²) in [4.78, 5) is 2.37. The Morgan fingerprint density at radius 1 is 0.431 bits per heavy atom. The van der Waals surface area contributed by atoms with Crippen molar-refractivity contribution in [1.29, 1.82) is 0 Å². The summed E-state index contributed by atoms with van der Waals surface area (Å²) < 4.78 is 7.39. The molecule has 11 rings (SSSR count). The molecule has 0 aliphatic carbocycles. The zero-order chi connectivity index (χ0) is 43.8. The molecule has 310 valence electrons. The summed E-state index contributed by atoms with van der Waals surface area (Å²) in [6.07, 6.45) is 6.32. The highest BCUT2D eigenvalue weighted by atomic mass is 28.3. The molecule has 0 unspecified atom stereocenters. The predicted molar refractivity (Wildman–Crippen MR) is 280 cm³/mol. The molecule has 2 heterocycles. The molecule has 1 spiro atoms. The first kappa shape index (κ1) is 40.0. The topological polar surface area (TPSA) is 12.5 Å². The summed E-state index contributed by atoms with van der Waals surface area (Å²) in [5, 5.41) is 11.1. The van der Waals surface area contributed by atoms with Crippen molar-refractivity contribution in [2.24, 2.45) is 0 Å². The van der Waals surface area contributed by atoms with Crippen molar-refractivity contribution in [3.8, 4) is 22.6 Å². The fraction of sp³-hybridized carbons (Fsp3) is 0.0164. The zero-order valence-electron chi connectivity index (χ0n) is 36.3. The van der Waals surface area contributed by atoms with Gasteiger partial charge in [0.1, 0.15) is 5.75 Å². The third-order valence-electron chi connectivity index (χ3n) is 13.4. The van der Waals surface area contributed by atoms with Crippen molar-refractivity contribution >= 4 is 74.6 Å². The minimum Gasteiger partial charge on any atom is -0.455 e. The number of anilines is 2. The molecule has 0 fully saturated rings. The fourth-order valence-electron chi connectivity index (χ4n) is 10.7. The summed E-state index contributed by atoms with van der Waals surface area (Å²) in [6, 6.07) is 87.2. The number of hydrogen-bond donors (Lipinski definition) is 0. The van der Waals surface area contributed by atoms with Crippen LogP contribution in [-0.2, 0) is 0 Å². The molecule has 0 radical (unpaired) electrons. The second-order valence-electron chi connectivity index (χ2n) is 16.8. The van der Waals surface area contributed by atoms with E-state index >= 15 is 0 Å². The van der Waals surface area contributed by atoms with Gasteiger partial charge in [-0.15, -0.1) is 0 Å². The van der Waals surface area contributed by atoms with Crippen molar-refractivity contribution < 1.29 is 4.74 Å². The highest BCUT2D eigenvalue weighted by Gasteiger charge is 2.59. The zero-order valence-corrected chi connectivity index (χ0v) is 38.3. The highest BCUT2D eigenvalue weighted by molar-refractivity contribution is 7.33. The van der Waals surface area contributed by atoms with Gasteiger partial charge in [-0.2, -0.15) is 0 Å². The monoisotopic (exact) mass is 865 g/mol. The number of nitrogens with zero attached hydrogens (tertiary/aromatic N) is 1. The van der Waals surface area contributed by atoms with Gasteiger partial charge in [-0.1, -0.05) is 231 Å². The van der Waals surface area contributed by atoms with Gasteiger partial charge in [0.15, 0.2) is 21.9 Å². The lowest BCUT2D eigenvalue weighted by Gasteiger charge is -2.50. The molecular weight excluding hydrogens is 819 g/mol. The number of hydrogen-bond acceptors (Lipinski definition) is 2. The largest absolute Gasteiger partial charge is 0.455 e. The number of allylic oxidation sites excluding steroid dienone is 5. The summed E-state index contributed by atoms with van der Waals surface area (Å²) in [5.41, 5.74) is 7.61. The molecule has 9 aromatic rings. The number of benzene rings is 9. The molecule has 2 nitrogen and oxygen atoms in total. The van der Waals surface area contributed by atoms with Crippen molar-refractivity contribution in [1.82, 2.24) is 0 Å². The van der Waals surface area contributed by atoms with Gasteiger partial charge in [0.25, 0.3) is 0 Å². The summed E-state index contributed by atoms with van der Waals surface area (Å²) in [5.74, 6) is 1.81. The number of fused-ring (bicyclic) bond motifs is 8. The summed E-state index contributed by atoms with van der Waals surface area (Å²) in [6.45, 7) is 6.40. The van der Waals surface area contributed by atoms with Gasteiger partial charge in [-0.25, -0.2) is 0 Å². The molecular formula is C61H47NOSi2. The van der Waals surface area contributed by atoms with Crippen molar-refractivity contribution in [3.05, 3.63) is 273 Å². The van der Waals surface area contributed by atoms with E-state index in [9.17, 15) is 0 Å². The molecule has 2 aliphatic rings. The molecule has 0 atom stereocenters. The van der Waals surface area contributed by atoms with Gasteiger partial charge >= 0.3 is 0 Å². The second kappa shape index (κ2) is 16.7. The first-order valence-electron chi connectivity index (χ1n) is 22.4. The average Bonchev–Trinajstić information content (AvgIpc) is 3.38. The Bertz CT molecular complexity index is 3160. The van der Waals surface area contributed by atoms with Crippen LogP contribution in [0.15, 0.2) is 267 Å². The van der Waals surface area contributed by atoms with E-state index < -0.39 is 16.1 Å². The third-order valence-corrected chi connectivity index (χ3v) is 23.7. The SMILES string of the molecule is C=C/C(=C\C=C(/C)N(c1ccc(-c2ccccc2)cc1)c1cccc2c1Oc1ccccc1[Si]21c2ccccc2[Si](c2ccccc2)(c2ccccc2)c2ccccc21)c1ccccc1. The van der Waals surface area contributed by atoms with Crippen LogP contribution in [0.2, 0.25) is 0 Å². The Morgan fingerprint density at radius 3 is 1.46 bits per heavy atom. The molecule has 0 aromatic heterocycles. The Kier molecular flexibility index (Phi) is 10.3. The second-order valence-corrected chi connectivity index (χ2v) is 24.2. The van der Waals surface area contributed by atoms with E-state index in [0.29, 0.717) is 0 Å². The minimum atomic E-state index is -3.12. The van der Waals surface area contributed by atoms with Crippen LogP contribution in [0, 0.1) is 0 Å². The van der Waals surface area contributed by atoms with E-state index in [1.54, 1.807) is 0 Å². The van der Waals surface area contributed by atoms with E-state index in [-0.39, 0.29) is 0 Å². The van der Waals surface area contributed by atoms with Gasteiger partial charge in [0, 0.05) is 11.4 Å². The number of para-hydroxylation sites is 2. The van der Waals surface area contributed by atoms with E-state index in [2.05, 4.69) is 261 Å². The summed E-state index contributed by atoms with van der Waals surface area (Å²) >= 11 is 0. The van der Waals surface area contributed by atoms with Crippen molar-refractivity contribution in [3.63, 3.8) is 0 Å². The number of rotatable bonds is 9. The molecule has 4 heteroatoms. The van der Waals surface area contributed by atoms with E-state index in [1.165, 1.54) is 52.6 Å². The van der Waals surface area contributed by atoms with Crippen LogP contribution in [0.3, 0.4) is 0 Å². The van der Waals surface area contributed by atoms with Crippen molar-refractivity contribution in [2.45, 2.75) is 6.92 Å². The van der Waals surface area contributed by atoms with Gasteiger partial charge in [0.2, 0.25) is 0 Å². The van der Waals surface area contributed by atoms with Crippen LogP contribution in [0.1, 0.15) is 12.5 Å². The molecule has 9 aromatic carbocycles. The van der Waals surface area contributed by atoms with Gasteiger partial charge in [0.05, 0.1) is 5.69 Å². The highest BCUT2D eigenvalue weighted by Crippen LogP contribution is 2.42. The normalized spacial score (nSPS) is 14.2. The van der Waals surface area contributed by atoms with Crippen LogP contribution >= 0.6 is 0 Å². The lowest BCUT2D eigenvalue weighted by molar-refractivity contribution is 0.488. The number of ether oxygens (including phenoxy) is 1. The van der Waals surface area contributed by atoms with Crippen LogP contribution in [0.5, 0.6) is 11.5 Å². The Hall–Kier alpha value is -7.77. The Balaban J connectivity index is 1.20. The Labute approximate surface area is 384 Å². The maximum Gasteiger partial charge on any atom is 0.188 e. The lowest BCUT2D eigenvalue weighted by atomic mass is 10.0. The van der Waals surface area contributed by atoms with Crippen LogP contribution < -0.4 is 51.1 Å². The standard InChI is InChI=1S/C61H47NOSi2/c1-3-46(47-23-8-4-9-24-47)40-39-45(2)62(50-43-41-49(42-44-50)48-25-10-5-11-26-48)53-31-22-38-60-61(53)63-54-32-16-17-33-55(54)65(60)58-36-20-18-34-56(58)64(51-27-12-6-13-28-51,52-29-14-7-15-30-52)57-35-19-21-37-59(57)65/h3-44H,1H2,2H3/b45-39+,46-40+. The van der Waals surface area contributed by atoms with Gasteiger partial charge in [-0.05, 0) is 101 Å². The summed E-state index contributed by atoms with van der Waals surface area (Å²) in [7, 11) is -5.98. The quantitative estimate of drug-likeness (QED) is 0.106. The maximum atomic E-state index is 7.39. The maximum absolute atomic E-state index is 7.39. The van der Waals surface area contributed by atoms with Crippen molar-refractivity contribution in [2.75, 3.05) is 4.90 Å². The molecule has 0 N–H and O–H groups in total. The van der Waals surface area contributed by atoms with Gasteiger partial charge < -0.3 is 9.64 Å².